The van der Waals surface area contributed by atoms with Crippen molar-refractivity contribution >= 4 is 5.78 Å². The van der Waals surface area contributed by atoms with Crippen LogP contribution in [0.2, 0.25) is 0 Å². The minimum atomic E-state index is 0.539. The average Bonchev–Trinajstić information content (AvgIpc) is 3.19. The second kappa shape index (κ2) is 6.92. The number of fused-ring (bicyclic) bond motifs is 1. The third-order valence-electron chi connectivity index (χ3n) is 4.37. The Kier molecular flexibility index (Phi) is 3.99. The topological polar surface area (TPSA) is 65.2 Å². The van der Waals surface area contributed by atoms with E-state index < -0.39 is 0 Å². The van der Waals surface area contributed by atoms with E-state index in [0.29, 0.717) is 11.6 Å². The predicted molar refractivity (Wildman–Crippen MR) is 106 cm³/mol. The Morgan fingerprint density at radius 1 is 0.750 bits per heavy atom. The highest BCUT2D eigenvalue weighted by molar-refractivity contribution is 5.71. The average molecular weight is 365 g/mol. The van der Waals surface area contributed by atoms with Crippen LogP contribution in [0.1, 0.15) is 0 Å². The van der Waals surface area contributed by atoms with E-state index in [1.165, 1.54) is 0 Å². The maximum atomic E-state index is 6.10. The summed E-state index contributed by atoms with van der Waals surface area (Å²) in [6.45, 7) is 0. The molecule has 0 saturated carbocycles. The van der Waals surface area contributed by atoms with Crippen molar-refractivity contribution in [3.63, 3.8) is 0 Å². The van der Waals surface area contributed by atoms with Crippen LogP contribution in [-0.4, -0.2) is 24.6 Å². The van der Waals surface area contributed by atoms with Gasteiger partial charge in [0.2, 0.25) is 0 Å². The number of aromatic nitrogens is 5. The van der Waals surface area contributed by atoms with Crippen molar-refractivity contribution in [2.45, 2.75) is 0 Å². The molecule has 3 aromatic heterocycles. The first-order valence-corrected chi connectivity index (χ1v) is 8.82. The van der Waals surface area contributed by atoms with Crippen molar-refractivity contribution in [2.24, 2.45) is 0 Å². The Labute approximate surface area is 161 Å². The second-order valence-electron chi connectivity index (χ2n) is 6.18. The summed E-state index contributed by atoms with van der Waals surface area (Å²) in [4.78, 5) is 8.53. The molecule has 5 aromatic rings. The van der Waals surface area contributed by atoms with Gasteiger partial charge in [0.15, 0.2) is 5.82 Å². The lowest BCUT2D eigenvalue weighted by molar-refractivity contribution is 0.484. The fourth-order valence-electron chi connectivity index (χ4n) is 3.04. The van der Waals surface area contributed by atoms with E-state index in [1.54, 1.807) is 18.6 Å². The van der Waals surface area contributed by atoms with Gasteiger partial charge in [-0.1, -0.05) is 36.4 Å². The second-order valence-corrected chi connectivity index (χ2v) is 6.18. The van der Waals surface area contributed by atoms with Gasteiger partial charge in [-0.3, -0.25) is 9.38 Å². The van der Waals surface area contributed by atoms with E-state index in [4.69, 9.17) is 4.74 Å². The van der Waals surface area contributed by atoms with Gasteiger partial charge in [0.1, 0.15) is 11.5 Å². The normalized spacial score (nSPS) is 10.9. The van der Waals surface area contributed by atoms with Gasteiger partial charge < -0.3 is 4.74 Å². The highest BCUT2D eigenvalue weighted by atomic mass is 16.5. The first kappa shape index (κ1) is 16.1. The van der Waals surface area contributed by atoms with Crippen LogP contribution in [-0.2, 0) is 0 Å². The summed E-state index contributed by atoms with van der Waals surface area (Å²) in [5.41, 5.74) is 2.78. The number of ether oxygens (including phenoxy) is 1. The van der Waals surface area contributed by atoms with E-state index in [1.807, 2.05) is 77.3 Å². The van der Waals surface area contributed by atoms with Crippen LogP contribution in [0.25, 0.3) is 28.3 Å². The summed E-state index contributed by atoms with van der Waals surface area (Å²) >= 11 is 0. The number of hydrogen-bond donors (Lipinski definition) is 0. The van der Waals surface area contributed by atoms with Crippen LogP contribution in [0, 0.1) is 0 Å². The Balaban J connectivity index is 1.61. The first-order chi connectivity index (χ1) is 13.9. The summed E-state index contributed by atoms with van der Waals surface area (Å²) in [6.07, 6.45) is 7.23. The molecular formula is C22H15N5O. The van der Waals surface area contributed by atoms with E-state index in [2.05, 4.69) is 20.2 Å². The van der Waals surface area contributed by atoms with E-state index in [-0.39, 0.29) is 0 Å². The van der Waals surface area contributed by atoms with E-state index >= 15 is 0 Å². The number of benzene rings is 2. The predicted octanol–water partition coefficient (Wildman–Crippen LogP) is 4.65. The molecule has 2 aromatic carbocycles. The highest BCUT2D eigenvalue weighted by Gasteiger charge is 2.13. The first-order valence-electron chi connectivity index (χ1n) is 8.82. The molecule has 3 heterocycles. The summed E-state index contributed by atoms with van der Waals surface area (Å²) in [5, 5.41) is 8.45. The third-order valence-corrected chi connectivity index (χ3v) is 4.37. The van der Waals surface area contributed by atoms with Gasteiger partial charge in [0.05, 0.1) is 0 Å². The Bertz CT molecular complexity index is 1240. The lowest BCUT2D eigenvalue weighted by atomic mass is 10.1. The SMILES string of the molecule is c1ccc(Oc2ccccc2-c2cnc3nnc(-c4ccncc4)n3c2)cc1. The van der Waals surface area contributed by atoms with Crippen molar-refractivity contribution in [2.75, 3.05) is 0 Å². The van der Waals surface area contributed by atoms with Crippen molar-refractivity contribution in [3.8, 4) is 34.0 Å². The summed E-state index contributed by atoms with van der Waals surface area (Å²) < 4.78 is 7.97. The molecule has 6 nitrogen and oxygen atoms in total. The number of pyridine rings is 1. The van der Waals surface area contributed by atoms with Gasteiger partial charge >= 0.3 is 0 Å². The van der Waals surface area contributed by atoms with Crippen molar-refractivity contribution in [1.82, 2.24) is 24.6 Å². The molecule has 0 N–H and O–H groups in total. The largest absolute Gasteiger partial charge is 0.457 e. The number of nitrogens with zero attached hydrogens (tertiary/aromatic N) is 5. The molecule has 0 spiro atoms. The number of rotatable bonds is 4. The van der Waals surface area contributed by atoms with Crippen LogP contribution < -0.4 is 4.74 Å². The van der Waals surface area contributed by atoms with E-state index in [9.17, 15) is 0 Å². The van der Waals surface area contributed by atoms with Gasteiger partial charge in [0.25, 0.3) is 5.78 Å². The fraction of sp³-hybridized carbons (Fsp3) is 0. The van der Waals surface area contributed by atoms with Gasteiger partial charge in [-0.15, -0.1) is 10.2 Å². The summed E-state index contributed by atoms with van der Waals surface area (Å²) in [5.74, 6) is 2.80. The molecule has 0 radical (unpaired) electrons. The summed E-state index contributed by atoms with van der Waals surface area (Å²) in [6, 6.07) is 21.4. The minimum absolute atomic E-state index is 0.539. The fourth-order valence-corrected chi connectivity index (χ4v) is 3.04. The van der Waals surface area contributed by atoms with Gasteiger partial charge in [-0.25, -0.2) is 4.98 Å². The molecule has 0 aliphatic heterocycles. The molecule has 0 aliphatic carbocycles. The van der Waals surface area contributed by atoms with Crippen LogP contribution >= 0.6 is 0 Å². The Morgan fingerprint density at radius 3 is 2.39 bits per heavy atom. The standard InChI is InChI=1S/C22H15N5O/c1-2-6-18(7-3-1)28-20-9-5-4-8-19(20)17-14-24-22-26-25-21(27(22)15-17)16-10-12-23-13-11-16/h1-15H. The van der Waals surface area contributed by atoms with Gasteiger partial charge in [0, 0.05) is 41.5 Å². The third kappa shape index (κ3) is 2.97. The zero-order chi connectivity index (χ0) is 18.8. The Hall–Kier alpha value is -4.06. The molecule has 0 amide bonds. The minimum Gasteiger partial charge on any atom is -0.457 e. The zero-order valence-corrected chi connectivity index (χ0v) is 14.8. The molecule has 0 saturated heterocycles. The van der Waals surface area contributed by atoms with Crippen molar-refractivity contribution in [1.29, 1.82) is 0 Å². The lowest BCUT2D eigenvalue weighted by Crippen LogP contribution is -1.95. The summed E-state index contributed by atoms with van der Waals surface area (Å²) in [7, 11) is 0. The molecule has 0 atom stereocenters. The van der Waals surface area contributed by atoms with Crippen molar-refractivity contribution in [3.05, 3.63) is 91.5 Å². The molecule has 0 unspecified atom stereocenters. The maximum Gasteiger partial charge on any atom is 0.255 e. The monoisotopic (exact) mass is 365 g/mol. The molecule has 0 aliphatic rings. The highest BCUT2D eigenvalue weighted by Crippen LogP contribution is 2.33. The van der Waals surface area contributed by atoms with Crippen LogP contribution in [0.4, 0.5) is 0 Å². The molecule has 6 heteroatoms. The van der Waals surface area contributed by atoms with Crippen LogP contribution in [0.5, 0.6) is 11.5 Å². The van der Waals surface area contributed by atoms with Crippen LogP contribution in [0.15, 0.2) is 91.5 Å². The zero-order valence-electron chi connectivity index (χ0n) is 14.8. The van der Waals surface area contributed by atoms with Crippen molar-refractivity contribution < 1.29 is 4.74 Å². The van der Waals surface area contributed by atoms with E-state index in [0.717, 1.165) is 28.2 Å². The smallest absolute Gasteiger partial charge is 0.255 e. The quantitative estimate of drug-likeness (QED) is 0.464. The number of para-hydroxylation sites is 2. The molecular weight excluding hydrogens is 350 g/mol. The molecule has 0 bridgehead atoms. The molecule has 5 rings (SSSR count). The molecule has 28 heavy (non-hydrogen) atoms. The Morgan fingerprint density at radius 2 is 1.54 bits per heavy atom. The van der Waals surface area contributed by atoms with Gasteiger partial charge in [-0.05, 0) is 30.3 Å². The van der Waals surface area contributed by atoms with Crippen LogP contribution in [0.3, 0.4) is 0 Å². The number of hydrogen-bond acceptors (Lipinski definition) is 5. The molecule has 134 valence electrons. The lowest BCUT2D eigenvalue weighted by Gasteiger charge is -2.11. The molecule has 0 fully saturated rings. The van der Waals surface area contributed by atoms with Gasteiger partial charge in [-0.2, -0.15) is 0 Å². The maximum absolute atomic E-state index is 6.10.